The van der Waals surface area contributed by atoms with Gasteiger partial charge in [-0.05, 0) is 30.2 Å². The van der Waals surface area contributed by atoms with Gasteiger partial charge in [-0.3, -0.25) is 14.5 Å². The first kappa shape index (κ1) is 21.0. The summed E-state index contributed by atoms with van der Waals surface area (Å²) in [5.74, 6) is -0.777. The zero-order valence-corrected chi connectivity index (χ0v) is 17.7. The van der Waals surface area contributed by atoms with Gasteiger partial charge in [-0.15, -0.1) is 11.3 Å². The SMILES string of the molecule is CCC(C(=O)OCc1csc(N(C(C)=O)c2cccc(Cl)c2)n1)c1ccccc1. The van der Waals surface area contributed by atoms with E-state index < -0.39 is 0 Å². The second-order valence-electron chi connectivity index (χ2n) is 6.43. The molecule has 0 aliphatic rings. The van der Waals surface area contributed by atoms with E-state index in [0.717, 1.165) is 5.56 Å². The zero-order valence-electron chi connectivity index (χ0n) is 16.2. The molecule has 0 aliphatic heterocycles. The van der Waals surface area contributed by atoms with Crippen molar-refractivity contribution in [2.75, 3.05) is 4.90 Å². The molecule has 150 valence electrons. The number of rotatable bonds is 7. The summed E-state index contributed by atoms with van der Waals surface area (Å²) < 4.78 is 5.49. The van der Waals surface area contributed by atoms with Crippen LogP contribution in [-0.4, -0.2) is 16.9 Å². The molecule has 0 saturated heterocycles. The summed E-state index contributed by atoms with van der Waals surface area (Å²) in [6, 6.07) is 16.6. The van der Waals surface area contributed by atoms with Gasteiger partial charge in [0.1, 0.15) is 6.61 Å². The fourth-order valence-electron chi connectivity index (χ4n) is 2.98. The Labute approximate surface area is 178 Å². The molecule has 1 heterocycles. The summed E-state index contributed by atoms with van der Waals surface area (Å²) in [5, 5.41) is 2.82. The van der Waals surface area contributed by atoms with E-state index in [0.29, 0.717) is 28.0 Å². The smallest absolute Gasteiger partial charge is 0.313 e. The Morgan fingerprint density at radius 1 is 1.17 bits per heavy atom. The van der Waals surface area contributed by atoms with Crippen molar-refractivity contribution >= 4 is 45.6 Å². The van der Waals surface area contributed by atoms with Crippen molar-refractivity contribution in [1.29, 1.82) is 0 Å². The van der Waals surface area contributed by atoms with E-state index in [1.54, 1.807) is 29.6 Å². The molecule has 0 aliphatic carbocycles. The van der Waals surface area contributed by atoms with Crippen LogP contribution in [-0.2, 0) is 20.9 Å². The third-order valence-electron chi connectivity index (χ3n) is 4.37. The predicted molar refractivity (Wildman–Crippen MR) is 116 cm³/mol. The monoisotopic (exact) mass is 428 g/mol. The van der Waals surface area contributed by atoms with Gasteiger partial charge in [-0.25, -0.2) is 4.98 Å². The van der Waals surface area contributed by atoms with Crippen LogP contribution < -0.4 is 4.90 Å². The number of halogens is 1. The molecular formula is C22H21ClN2O3S. The Balaban J connectivity index is 1.71. The lowest BCUT2D eigenvalue weighted by Gasteiger charge is -2.18. The number of carbonyl (C=O) groups is 2. The van der Waals surface area contributed by atoms with Gasteiger partial charge in [0.05, 0.1) is 17.3 Å². The summed E-state index contributed by atoms with van der Waals surface area (Å²) in [5.41, 5.74) is 2.16. The Bertz CT molecular complexity index is 990. The minimum atomic E-state index is -0.311. The number of amides is 1. The number of nitrogens with zero attached hydrogens (tertiary/aromatic N) is 2. The van der Waals surface area contributed by atoms with Gasteiger partial charge in [-0.1, -0.05) is 54.9 Å². The van der Waals surface area contributed by atoms with Crippen molar-refractivity contribution in [3.05, 3.63) is 76.3 Å². The molecule has 0 spiro atoms. The van der Waals surface area contributed by atoms with Gasteiger partial charge >= 0.3 is 5.97 Å². The highest BCUT2D eigenvalue weighted by Crippen LogP contribution is 2.31. The van der Waals surface area contributed by atoms with E-state index in [1.165, 1.54) is 23.2 Å². The number of ether oxygens (including phenoxy) is 1. The number of carbonyl (C=O) groups excluding carboxylic acids is 2. The van der Waals surface area contributed by atoms with Crippen molar-refractivity contribution in [3.8, 4) is 0 Å². The molecule has 0 bridgehead atoms. The van der Waals surface area contributed by atoms with Gasteiger partial charge in [0, 0.05) is 17.3 Å². The maximum absolute atomic E-state index is 12.5. The lowest BCUT2D eigenvalue weighted by atomic mass is 9.97. The molecule has 3 aromatic rings. The van der Waals surface area contributed by atoms with Crippen LogP contribution in [0.4, 0.5) is 10.8 Å². The first-order valence-corrected chi connectivity index (χ1v) is 10.5. The van der Waals surface area contributed by atoms with E-state index in [9.17, 15) is 9.59 Å². The first-order valence-electron chi connectivity index (χ1n) is 9.21. The second kappa shape index (κ2) is 9.67. The summed E-state index contributed by atoms with van der Waals surface area (Å²) >= 11 is 7.36. The van der Waals surface area contributed by atoms with Crippen LogP contribution in [0.25, 0.3) is 0 Å². The Morgan fingerprint density at radius 3 is 2.59 bits per heavy atom. The van der Waals surface area contributed by atoms with Crippen LogP contribution in [0.15, 0.2) is 60.0 Å². The van der Waals surface area contributed by atoms with E-state index in [4.69, 9.17) is 16.3 Å². The van der Waals surface area contributed by atoms with Crippen molar-refractivity contribution < 1.29 is 14.3 Å². The number of esters is 1. The molecule has 1 amide bonds. The van der Waals surface area contributed by atoms with Crippen LogP contribution >= 0.6 is 22.9 Å². The summed E-state index contributed by atoms with van der Waals surface area (Å²) in [6.45, 7) is 3.48. The molecule has 5 nitrogen and oxygen atoms in total. The Kier molecular flexibility index (Phi) is 7.01. The Morgan fingerprint density at radius 2 is 1.93 bits per heavy atom. The summed E-state index contributed by atoms with van der Waals surface area (Å²) in [6.07, 6.45) is 0.651. The van der Waals surface area contributed by atoms with Gasteiger partial charge in [0.25, 0.3) is 0 Å². The molecular weight excluding hydrogens is 408 g/mol. The lowest BCUT2D eigenvalue weighted by Crippen LogP contribution is -2.22. The number of benzene rings is 2. The average molecular weight is 429 g/mol. The molecule has 0 N–H and O–H groups in total. The van der Waals surface area contributed by atoms with Crippen molar-refractivity contribution in [3.63, 3.8) is 0 Å². The maximum Gasteiger partial charge on any atom is 0.313 e. The minimum Gasteiger partial charge on any atom is -0.459 e. The maximum atomic E-state index is 12.5. The van der Waals surface area contributed by atoms with Gasteiger partial charge < -0.3 is 4.74 Å². The van der Waals surface area contributed by atoms with Gasteiger partial charge in [0.15, 0.2) is 5.13 Å². The zero-order chi connectivity index (χ0) is 20.8. The highest BCUT2D eigenvalue weighted by molar-refractivity contribution is 7.14. The average Bonchev–Trinajstić information content (AvgIpc) is 3.16. The third kappa shape index (κ3) is 5.22. The number of aromatic nitrogens is 1. The molecule has 7 heteroatoms. The second-order valence-corrected chi connectivity index (χ2v) is 7.71. The molecule has 2 aromatic carbocycles. The molecule has 0 radical (unpaired) electrons. The standard InChI is InChI=1S/C22H21ClN2O3S/c1-3-20(16-8-5-4-6-9-16)21(27)28-13-18-14-29-22(24-18)25(15(2)26)19-11-7-10-17(23)12-19/h4-12,14,20H,3,13H2,1-2H3. The topological polar surface area (TPSA) is 59.5 Å². The molecule has 29 heavy (non-hydrogen) atoms. The summed E-state index contributed by atoms with van der Waals surface area (Å²) in [7, 11) is 0. The minimum absolute atomic E-state index is 0.0555. The van der Waals surface area contributed by atoms with Crippen molar-refractivity contribution in [1.82, 2.24) is 4.98 Å². The normalized spacial score (nSPS) is 11.7. The van der Waals surface area contributed by atoms with E-state index in [1.807, 2.05) is 37.3 Å². The quantitative estimate of drug-likeness (QED) is 0.451. The van der Waals surface area contributed by atoms with Crippen molar-refractivity contribution in [2.45, 2.75) is 32.8 Å². The predicted octanol–water partition coefficient (Wildman–Crippen LogP) is 5.72. The van der Waals surface area contributed by atoms with Gasteiger partial charge in [0.2, 0.25) is 5.91 Å². The van der Waals surface area contributed by atoms with Crippen LogP contribution in [0.3, 0.4) is 0 Å². The Hall–Kier alpha value is -2.70. The number of anilines is 2. The van der Waals surface area contributed by atoms with Crippen LogP contribution in [0.5, 0.6) is 0 Å². The van der Waals surface area contributed by atoms with Crippen LogP contribution in [0.2, 0.25) is 5.02 Å². The van der Waals surface area contributed by atoms with E-state index in [-0.39, 0.29) is 24.4 Å². The number of thiazole rings is 1. The van der Waals surface area contributed by atoms with Crippen LogP contribution in [0, 0.1) is 0 Å². The fourth-order valence-corrected chi connectivity index (χ4v) is 4.03. The highest BCUT2D eigenvalue weighted by atomic mass is 35.5. The number of hydrogen-bond acceptors (Lipinski definition) is 5. The van der Waals surface area contributed by atoms with E-state index >= 15 is 0 Å². The van der Waals surface area contributed by atoms with Crippen molar-refractivity contribution in [2.24, 2.45) is 0 Å². The number of hydrogen-bond donors (Lipinski definition) is 0. The molecule has 1 atom stereocenters. The molecule has 3 rings (SSSR count). The summed E-state index contributed by atoms with van der Waals surface area (Å²) in [4.78, 5) is 30.7. The third-order valence-corrected chi connectivity index (χ3v) is 5.48. The largest absolute Gasteiger partial charge is 0.459 e. The van der Waals surface area contributed by atoms with Gasteiger partial charge in [-0.2, -0.15) is 0 Å². The van der Waals surface area contributed by atoms with E-state index in [2.05, 4.69) is 4.98 Å². The molecule has 0 saturated carbocycles. The van der Waals surface area contributed by atoms with Crippen LogP contribution in [0.1, 0.15) is 37.4 Å². The molecule has 1 aromatic heterocycles. The highest BCUT2D eigenvalue weighted by Gasteiger charge is 2.22. The fraction of sp³-hybridized carbons (Fsp3) is 0.227. The first-order chi connectivity index (χ1) is 14.0. The molecule has 1 unspecified atom stereocenters. The lowest BCUT2D eigenvalue weighted by molar-refractivity contribution is -0.147. The molecule has 0 fully saturated rings.